The minimum Gasteiger partial charge on any atom is -0.396 e. The summed E-state index contributed by atoms with van der Waals surface area (Å²) in [4.78, 5) is 0. The normalized spacial score (nSPS) is 23.4. The Morgan fingerprint density at radius 3 is 2.92 bits per heavy atom. The van der Waals surface area contributed by atoms with E-state index in [1.165, 1.54) is 37.7 Å². The largest absolute Gasteiger partial charge is 0.396 e. The Bertz CT molecular complexity index is 170. The molecule has 13 heavy (non-hydrogen) atoms. The molecule has 0 bridgehead atoms. The zero-order chi connectivity index (χ0) is 9.68. The monoisotopic (exact) mass is 182 g/mol. The van der Waals surface area contributed by atoms with Crippen molar-refractivity contribution >= 4 is 0 Å². The number of aliphatic hydroxyl groups is 1. The van der Waals surface area contributed by atoms with Crippen LogP contribution in [0.3, 0.4) is 0 Å². The predicted molar refractivity (Wildman–Crippen MR) is 56.6 cm³/mol. The zero-order valence-electron chi connectivity index (χ0n) is 8.92. The molecular formula is C12H22O. The number of hydrogen-bond acceptors (Lipinski definition) is 1. The van der Waals surface area contributed by atoms with Gasteiger partial charge in [-0.3, -0.25) is 0 Å². The van der Waals surface area contributed by atoms with Crippen LogP contribution in [0.1, 0.15) is 46.0 Å². The van der Waals surface area contributed by atoms with Crippen LogP contribution in [0.5, 0.6) is 0 Å². The highest BCUT2D eigenvalue weighted by atomic mass is 16.3. The average Bonchev–Trinajstić information content (AvgIpc) is 2.15. The first kappa shape index (κ1) is 10.8. The van der Waals surface area contributed by atoms with Crippen molar-refractivity contribution in [2.45, 2.75) is 46.0 Å². The first-order chi connectivity index (χ1) is 6.24. The summed E-state index contributed by atoms with van der Waals surface area (Å²) in [6.07, 6.45) is 8.50. The number of rotatable bonds is 4. The van der Waals surface area contributed by atoms with Gasteiger partial charge in [0.2, 0.25) is 0 Å². The van der Waals surface area contributed by atoms with Crippen molar-refractivity contribution in [2.75, 3.05) is 6.61 Å². The standard InChI is InChI=1S/C12H22O/c1-10(2)7-8-11-5-3-4-6-12(11)9-13/h5,10,12-13H,3-4,6-9H2,1-2H3. The van der Waals surface area contributed by atoms with E-state index in [1.54, 1.807) is 0 Å². The second kappa shape index (κ2) is 5.43. The maximum atomic E-state index is 9.19. The van der Waals surface area contributed by atoms with E-state index in [1.807, 2.05) is 0 Å². The van der Waals surface area contributed by atoms with Crippen LogP contribution in [-0.2, 0) is 0 Å². The highest BCUT2D eigenvalue weighted by Gasteiger charge is 2.16. The van der Waals surface area contributed by atoms with E-state index >= 15 is 0 Å². The Morgan fingerprint density at radius 1 is 1.54 bits per heavy atom. The van der Waals surface area contributed by atoms with Gasteiger partial charge in [0.25, 0.3) is 0 Å². The van der Waals surface area contributed by atoms with E-state index in [0.717, 1.165) is 5.92 Å². The van der Waals surface area contributed by atoms with Gasteiger partial charge in [0.15, 0.2) is 0 Å². The fourth-order valence-corrected chi connectivity index (χ4v) is 1.97. The minimum absolute atomic E-state index is 0.351. The lowest BCUT2D eigenvalue weighted by Crippen LogP contribution is -2.13. The third kappa shape index (κ3) is 3.51. The van der Waals surface area contributed by atoms with Crippen molar-refractivity contribution in [1.82, 2.24) is 0 Å². The Hall–Kier alpha value is -0.300. The summed E-state index contributed by atoms with van der Waals surface area (Å²) >= 11 is 0. The predicted octanol–water partition coefficient (Wildman–Crippen LogP) is 3.14. The molecule has 0 saturated heterocycles. The SMILES string of the molecule is CC(C)CCC1=CCCCC1CO. The van der Waals surface area contributed by atoms with E-state index in [0.29, 0.717) is 12.5 Å². The molecule has 0 spiro atoms. The highest BCUT2D eigenvalue weighted by molar-refractivity contribution is 5.09. The van der Waals surface area contributed by atoms with Crippen molar-refractivity contribution in [3.63, 3.8) is 0 Å². The molecule has 0 aromatic heterocycles. The Kier molecular flexibility index (Phi) is 4.51. The van der Waals surface area contributed by atoms with Gasteiger partial charge in [0.1, 0.15) is 0 Å². The molecule has 0 aromatic carbocycles. The molecule has 0 amide bonds. The Morgan fingerprint density at radius 2 is 2.31 bits per heavy atom. The van der Waals surface area contributed by atoms with Gasteiger partial charge in [-0.1, -0.05) is 25.5 Å². The molecule has 0 heterocycles. The first-order valence-corrected chi connectivity index (χ1v) is 5.53. The molecule has 1 atom stereocenters. The summed E-state index contributed by atoms with van der Waals surface area (Å²) in [6.45, 7) is 4.87. The second-order valence-corrected chi connectivity index (χ2v) is 4.52. The topological polar surface area (TPSA) is 20.2 Å². The van der Waals surface area contributed by atoms with E-state index in [9.17, 15) is 5.11 Å². The van der Waals surface area contributed by atoms with Crippen molar-refractivity contribution in [2.24, 2.45) is 11.8 Å². The summed E-state index contributed by atoms with van der Waals surface area (Å²) in [6, 6.07) is 0. The van der Waals surface area contributed by atoms with E-state index in [2.05, 4.69) is 19.9 Å². The lowest BCUT2D eigenvalue weighted by molar-refractivity contribution is 0.229. The highest BCUT2D eigenvalue weighted by Crippen LogP contribution is 2.28. The quantitative estimate of drug-likeness (QED) is 0.662. The van der Waals surface area contributed by atoms with Crippen LogP contribution >= 0.6 is 0 Å². The van der Waals surface area contributed by atoms with Gasteiger partial charge in [0, 0.05) is 12.5 Å². The van der Waals surface area contributed by atoms with Gasteiger partial charge >= 0.3 is 0 Å². The van der Waals surface area contributed by atoms with E-state index in [4.69, 9.17) is 0 Å². The molecule has 1 rings (SSSR count). The summed E-state index contributed by atoms with van der Waals surface area (Å²) in [5, 5.41) is 9.19. The van der Waals surface area contributed by atoms with Crippen LogP contribution in [0.25, 0.3) is 0 Å². The molecule has 1 unspecified atom stereocenters. The fraction of sp³-hybridized carbons (Fsp3) is 0.833. The second-order valence-electron chi connectivity index (χ2n) is 4.52. The molecular weight excluding hydrogens is 160 g/mol. The minimum atomic E-state index is 0.351. The number of aliphatic hydroxyl groups excluding tert-OH is 1. The molecule has 1 heteroatoms. The smallest absolute Gasteiger partial charge is 0.0496 e. The summed E-state index contributed by atoms with van der Waals surface area (Å²) in [7, 11) is 0. The van der Waals surface area contributed by atoms with Crippen LogP contribution in [0.15, 0.2) is 11.6 Å². The molecule has 76 valence electrons. The fourth-order valence-electron chi connectivity index (χ4n) is 1.97. The molecule has 0 radical (unpaired) electrons. The van der Waals surface area contributed by atoms with Gasteiger partial charge < -0.3 is 5.11 Å². The van der Waals surface area contributed by atoms with Gasteiger partial charge in [-0.2, -0.15) is 0 Å². The van der Waals surface area contributed by atoms with Crippen molar-refractivity contribution in [3.8, 4) is 0 Å². The molecule has 1 aliphatic carbocycles. The van der Waals surface area contributed by atoms with Crippen molar-refractivity contribution in [3.05, 3.63) is 11.6 Å². The zero-order valence-corrected chi connectivity index (χ0v) is 8.92. The molecule has 1 N–H and O–H groups in total. The van der Waals surface area contributed by atoms with Gasteiger partial charge in [-0.25, -0.2) is 0 Å². The van der Waals surface area contributed by atoms with Gasteiger partial charge in [0.05, 0.1) is 0 Å². The average molecular weight is 182 g/mol. The molecule has 0 aromatic rings. The lowest BCUT2D eigenvalue weighted by Gasteiger charge is -2.23. The third-order valence-electron chi connectivity index (χ3n) is 2.92. The van der Waals surface area contributed by atoms with Crippen LogP contribution < -0.4 is 0 Å². The Balaban J connectivity index is 2.40. The van der Waals surface area contributed by atoms with Gasteiger partial charge in [-0.05, 0) is 38.0 Å². The summed E-state index contributed by atoms with van der Waals surface area (Å²) < 4.78 is 0. The van der Waals surface area contributed by atoms with Crippen LogP contribution in [-0.4, -0.2) is 11.7 Å². The molecule has 1 aliphatic rings. The molecule has 0 aliphatic heterocycles. The van der Waals surface area contributed by atoms with Crippen LogP contribution in [0.4, 0.5) is 0 Å². The van der Waals surface area contributed by atoms with Gasteiger partial charge in [-0.15, -0.1) is 0 Å². The van der Waals surface area contributed by atoms with Crippen molar-refractivity contribution < 1.29 is 5.11 Å². The molecule has 0 fully saturated rings. The van der Waals surface area contributed by atoms with E-state index in [-0.39, 0.29) is 0 Å². The number of hydrogen-bond donors (Lipinski definition) is 1. The maximum Gasteiger partial charge on any atom is 0.0496 e. The maximum absolute atomic E-state index is 9.19. The summed E-state index contributed by atoms with van der Waals surface area (Å²) in [5.41, 5.74) is 1.52. The third-order valence-corrected chi connectivity index (χ3v) is 2.92. The lowest BCUT2D eigenvalue weighted by atomic mass is 9.84. The molecule has 0 saturated carbocycles. The first-order valence-electron chi connectivity index (χ1n) is 5.53. The van der Waals surface area contributed by atoms with E-state index < -0.39 is 0 Å². The number of allylic oxidation sites excluding steroid dienone is 1. The summed E-state index contributed by atoms with van der Waals surface area (Å²) in [5.74, 6) is 1.26. The molecule has 1 nitrogen and oxygen atoms in total. The van der Waals surface area contributed by atoms with Crippen LogP contribution in [0.2, 0.25) is 0 Å². The Labute approximate surface area is 81.9 Å². The van der Waals surface area contributed by atoms with Crippen LogP contribution in [0, 0.1) is 11.8 Å². The van der Waals surface area contributed by atoms with Crippen molar-refractivity contribution in [1.29, 1.82) is 0 Å².